The van der Waals surface area contributed by atoms with E-state index < -0.39 is 24.3 Å². The smallest absolute Gasteiger partial charge is 0.493 e. The lowest BCUT2D eigenvalue weighted by Gasteiger charge is -2.32. The molecule has 124 valence electrons. The van der Waals surface area contributed by atoms with Crippen molar-refractivity contribution in [1.82, 2.24) is 0 Å². The van der Waals surface area contributed by atoms with E-state index in [1.165, 1.54) is 20.1 Å². The Labute approximate surface area is 136 Å². The first kappa shape index (κ1) is 17.5. The Morgan fingerprint density at radius 2 is 1.70 bits per heavy atom. The number of carbonyl (C=O) groups excluding carboxylic acids is 2. The number of hydrogen-bond donors (Lipinski definition) is 0. The van der Waals surface area contributed by atoms with Crippen molar-refractivity contribution in [3.05, 3.63) is 17.7 Å². The fourth-order valence-corrected chi connectivity index (χ4v) is 2.26. The van der Waals surface area contributed by atoms with Crippen molar-refractivity contribution >= 4 is 24.8 Å². The third-order valence-corrected chi connectivity index (χ3v) is 4.26. The molecule has 0 aromatic heterocycles. The largest absolute Gasteiger partial charge is 0.495 e. The summed E-state index contributed by atoms with van der Waals surface area (Å²) in [5.41, 5.74) is -0.231. The summed E-state index contributed by atoms with van der Waals surface area (Å²) in [6.07, 6.45) is 0.695. The molecule has 0 spiro atoms. The molecule has 0 unspecified atom stereocenters. The molecule has 7 heteroatoms. The fourth-order valence-electron chi connectivity index (χ4n) is 2.26. The molecule has 0 bridgehead atoms. The monoisotopic (exact) mass is 320 g/mol. The van der Waals surface area contributed by atoms with Crippen LogP contribution < -0.4 is 14.9 Å². The number of aldehydes is 1. The van der Waals surface area contributed by atoms with Crippen LogP contribution in [0, 0.1) is 0 Å². The first-order valence-corrected chi connectivity index (χ1v) is 7.32. The summed E-state index contributed by atoms with van der Waals surface area (Å²) in [7, 11) is 0.700. The number of benzene rings is 1. The predicted octanol–water partition coefficient (Wildman–Crippen LogP) is 1.73. The van der Waals surface area contributed by atoms with Crippen LogP contribution in [0.1, 0.15) is 45.0 Å². The zero-order valence-electron chi connectivity index (χ0n) is 14.3. The summed E-state index contributed by atoms with van der Waals surface area (Å²) >= 11 is 0. The molecular weight excluding hydrogens is 299 g/mol. The van der Waals surface area contributed by atoms with E-state index in [9.17, 15) is 9.59 Å². The SMILES string of the molecule is COc1cc(C=O)c(B2OC(C)(C)C(C)(C)O2)cc1OC(C)=O. The quantitative estimate of drug-likeness (QED) is 0.364. The van der Waals surface area contributed by atoms with Gasteiger partial charge in [-0.1, -0.05) is 0 Å². The van der Waals surface area contributed by atoms with E-state index in [1.54, 1.807) is 6.07 Å². The van der Waals surface area contributed by atoms with Crippen molar-refractivity contribution in [2.75, 3.05) is 7.11 Å². The average molecular weight is 320 g/mol. The summed E-state index contributed by atoms with van der Waals surface area (Å²) in [6.45, 7) is 8.98. The van der Waals surface area contributed by atoms with Crippen LogP contribution in [0.4, 0.5) is 0 Å². The van der Waals surface area contributed by atoms with Crippen LogP contribution >= 0.6 is 0 Å². The minimum atomic E-state index is -0.736. The zero-order valence-corrected chi connectivity index (χ0v) is 14.3. The molecule has 1 aromatic rings. The van der Waals surface area contributed by atoms with Gasteiger partial charge in [-0.3, -0.25) is 9.59 Å². The predicted molar refractivity (Wildman–Crippen MR) is 85.4 cm³/mol. The summed E-state index contributed by atoms with van der Waals surface area (Å²) < 4.78 is 22.2. The molecule has 1 aromatic carbocycles. The van der Waals surface area contributed by atoms with Crippen LogP contribution in [0.25, 0.3) is 0 Å². The van der Waals surface area contributed by atoms with Crippen molar-refractivity contribution in [3.8, 4) is 11.5 Å². The maximum atomic E-state index is 11.4. The van der Waals surface area contributed by atoms with Gasteiger partial charge in [0.05, 0.1) is 18.3 Å². The van der Waals surface area contributed by atoms with Gasteiger partial charge < -0.3 is 18.8 Å². The van der Waals surface area contributed by atoms with Crippen LogP contribution in [-0.4, -0.2) is 37.7 Å². The molecule has 1 aliphatic heterocycles. The van der Waals surface area contributed by atoms with Gasteiger partial charge in [-0.15, -0.1) is 0 Å². The molecule has 1 fully saturated rings. The maximum Gasteiger partial charge on any atom is 0.495 e. The third-order valence-electron chi connectivity index (χ3n) is 4.26. The highest BCUT2D eigenvalue weighted by molar-refractivity contribution is 6.63. The highest BCUT2D eigenvalue weighted by Gasteiger charge is 2.52. The second-order valence-electron chi connectivity index (χ2n) is 6.43. The second kappa shape index (κ2) is 5.98. The van der Waals surface area contributed by atoms with E-state index in [4.69, 9.17) is 18.8 Å². The Bertz CT molecular complexity index is 622. The highest BCUT2D eigenvalue weighted by Crippen LogP contribution is 2.37. The minimum absolute atomic E-state index is 0.218. The molecule has 0 aliphatic carbocycles. The first-order valence-electron chi connectivity index (χ1n) is 7.32. The van der Waals surface area contributed by atoms with Gasteiger partial charge in [0.15, 0.2) is 11.5 Å². The van der Waals surface area contributed by atoms with Crippen LogP contribution in [-0.2, 0) is 14.1 Å². The fraction of sp³-hybridized carbons (Fsp3) is 0.500. The number of esters is 1. The minimum Gasteiger partial charge on any atom is -0.493 e. The van der Waals surface area contributed by atoms with Crippen LogP contribution in [0.15, 0.2) is 12.1 Å². The second-order valence-corrected chi connectivity index (χ2v) is 6.43. The van der Waals surface area contributed by atoms with Gasteiger partial charge in [0.25, 0.3) is 0 Å². The van der Waals surface area contributed by atoms with Gasteiger partial charge in [-0.05, 0) is 45.3 Å². The molecule has 1 saturated heterocycles. The molecule has 1 aliphatic rings. The van der Waals surface area contributed by atoms with Crippen LogP contribution in [0.2, 0.25) is 0 Å². The Morgan fingerprint density at radius 3 is 2.13 bits per heavy atom. The zero-order chi connectivity index (χ0) is 17.4. The number of carbonyl (C=O) groups is 2. The van der Waals surface area contributed by atoms with Gasteiger partial charge in [0.1, 0.15) is 6.29 Å². The van der Waals surface area contributed by atoms with E-state index in [-0.39, 0.29) is 5.75 Å². The third kappa shape index (κ3) is 3.25. The average Bonchev–Trinajstić information content (AvgIpc) is 2.66. The molecule has 0 N–H and O–H groups in total. The lowest BCUT2D eigenvalue weighted by molar-refractivity contribution is -0.132. The Morgan fingerprint density at radius 1 is 1.13 bits per heavy atom. The van der Waals surface area contributed by atoms with E-state index >= 15 is 0 Å². The van der Waals surface area contributed by atoms with Gasteiger partial charge in [-0.2, -0.15) is 0 Å². The Balaban J connectivity index is 2.49. The topological polar surface area (TPSA) is 71.1 Å². The van der Waals surface area contributed by atoms with Crippen molar-refractivity contribution < 1.29 is 28.4 Å². The van der Waals surface area contributed by atoms with Crippen molar-refractivity contribution in [2.24, 2.45) is 0 Å². The van der Waals surface area contributed by atoms with Crippen LogP contribution in [0.3, 0.4) is 0 Å². The first-order chi connectivity index (χ1) is 10.6. The Hall–Kier alpha value is -1.86. The lowest BCUT2D eigenvalue weighted by atomic mass is 9.76. The summed E-state index contributed by atoms with van der Waals surface area (Å²) in [4.78, 5) is 22.7. The molecule has 2 rings (SSSR count). The van der Waals surface area contributed by atoms with Gasteiger partial charge in [0.2, 0.25) is 0 Å². The number of hydrogen-bond acceptors (Lipinski definition) is 6. The molecule has 0 atom stereocenters. The molecule has 0 saturated carbocycles. The van der Waals surface area contributed by atoms with E-state index in [2.05, 4.69) is 0 Å². The van der Waals surface area contributed by atoms with Gasteiger partial charge in [-0.25, -0.2) is 0 Å². The van der Waals surface area contributed by atoms with Crippen molar-refractivity contribution in [3.63, 3.8) is 0 Å². The summed E-state index contributed by atoms with van der Waals surface area (Å²) in [5.74, 6) is 0.0277. The van der Waals surface area contributed by atoms with E-state index in [1.807, 2.05) is 27.7 Å². The van der Waals surface area contributed by atoms with Gasteiger partial charge >= 0.3 is 13.1 Å². The van der Waals surface area contributed by atoms with E-state index in [0.29, 0.717) is 23.1 Å². The number of rotatable bonds is 4. The molecule has 0 radical (unpaired) electrons. The molecule has 0 amide bonds. The summed E-state index contributed by atoms with van der Waals surface area (Å²) in [6, 6.07) is 3.05. The normalized spacial score (nSPS) is 18.6. The standard InChI is InChI=1S/C16H21BO6/c1-10(19)21-14-8-12(11(9-18)7-13(14)20-6)17-22-15(2,3)16(4,5)23-17/h7-9H,1-6H3. The lowest BCUT2D eigenvalue weighted by Crippen LogP contribution is -2.41. The van der Waals surface area contributed by atoms with E-state index in [0.717, 1.165) is 0 Å². The van der Waals surface area contributed by atoms with Crippen molar-refractivity contribution in [1.29, 1.82) is 0 Å². The van der Waals surface area contributed by atoms with Gasteiger partial charge in [0, 0.05) is 12.5 Å². The molecular formula is C16H21BO6. The van der Waals surface area contributed by atoms with Crippen LogP contribution in [0.5, 0.6) is 11.5 Å². The summed E-state index contributed by atoms with van der Waals surface area (Å²) in [5, 5.41) is 0. The highest BCUT2D eigenvalue weighted by atomic mass is 16.7. The van der Waals surface area contributed by atoms with Crippen molar-refractivity contribution in [2.45, 2.75) is 45.8 Å². The molecule has 6 nitrogen and oxygen atoms in total. The molecule has 1 heterocycles. The number of ether oxygens (including phenoxy) is 2. The number of methoxy groups -OCH3 is 1. The Kier molecular flexibility index (Phi) is 4.55. The maximum absolute atomic E-state index is 11.4. The molecule has 23 heavy (non-hydrogen) atoms.